The molecule has 2 N–H and O–H groups in total. The number of amides is 1. The van der Waals surface area contributed by atoms with Gasteiger partial charge in [0, 0.05) is 32.4 Å². The summed E-state index contributed by atoms with van der Waals surface area (Å²) in [5.74, 6) is -0.0257. The van der Waals surface area contributed by atoms with Gasteiger partial charge in [-0.1, -0.05) is 6.92 Å². The van der Waals surface area contributed by atoms with Crippen LogP contribution in [0.1, 0.15) is 30.1 Å². The molecule has 9 heteroatoms. The molecule has 0 spiro atoms. The average Bonchev–Trinajstić information content (AvgIpc) is 3.11. The minimum absolute atomic E-state index is 0.228. The van der Waals surface area contributed by atoms with Crippen molar-refractivity contribution in [3.8, 4) is 5.75 Å². The fraction of sp³-hybridized carbons (Fsp3) is 0.611. The van der Waals surface area contributed by atoms with Gasteiger partial charge in [0.05, 0.1) is 12.7 Å². The number of carbonyl (C=O) groups is 1. The van der Waals surface area contributed by atoms with E-state index in [-0.39, 0.29) is 11.8 Å². The molecule has 1 atom stereocenters. The topological polar surface area (TPSA) is 91.0 Å². The predicted octanol–water partition coefficient (Wildman–Crippen LogP) is 1.17. The molecular weight excluding hydrogens is 368 g/mol. The smallest absolute Gasteiger partial charge is 0.255 e. The number of methoxy groups -OCH3 is 1. The number of ether oxygens (including phenoxy) is 1. The highest BCUT2D eigenvalue weighted by molar-refractivity contribution is 7.89. The van der Waals surface area contributed by atoms with Gasteiger partial charge in [0.1, 0.15) is 11.6 Å². The second-order valence-electron chi connectivity index (χ2n) is 6.77. The number of nitrogens with one attached hydrogen (secondary N) is 2. The largest absolute Gasteiger partial charge is 0.496 e. The van der Waals surface area contributed by atoms with Crippen molar-refractivity contribution in [1.82, 2.24) is 14.5 Å². The first-order valence-electron chi connectivity index (χ1n) is 9.12. The molecule has 152 valence electrons. The van der Waals surface area contributed by atoms with Gasteiger partial charge in [-0.25, -0.2) is 12.7 Å². The molecule has 0 aliphatic carbocycles. The van der Waals surface area contributed by atoms with Gasteiger partial charge in [-0.05, 0) is 44.1 Å². The van der Waals surface area contributed by atoms with Crippen molar-refractivity contribution in [1.29, 1.82) is 0 Å². The number of benzene rings is 1. The second kappa shape index (κ2) is 9.38. The van der Waals surface area contributed by atoms with Crippen molar-refractivity contribution >= 4 is 21.6 Å². The highest BCUT2D eigenvalue weighted by Crippen LogP contribution is 2.23. The number of carbonyl (C=O) groups excluding carboxylic acids is 1. The van der Waals surface area contributed by atoms with Crippen LogP contribution in [0.25, 0.3) is 0 Å². The molecule has 27 heavy (non-hydrogen) atoms. The Labute approximate surface area is 161 Å². The van der Waals surface area contributed by atoms with Crippen LogP contribution in [0.4, 0.5) is 5.69 Å². The first-order chi connectivity index (χ1) is 12.8. The van der Waals surface area contributed by atoms with E-state index in [4.69, 9.17) is 4.74 Å². The summed E-state index contributed by atoms with van der Waals surface area (Å²) in [5, 5.41) is 5.84. The van der Waals surface area contributed by atoms with Gasteiger partial charge in [-0.2, -0.15) is 0 Å². The van der Waals surface area contributed by atoms with E-state index in [0.29, 0.717) is 29.6 Å². The predicted molar refractivity (Wildman–Crippen MR) is 107 cm³/mol. The molecule has 1 heterocycles. The number of hydrogen-bond acceptors (Lipinski definition) is 6. The third kappa shape index (κ3) is 5.57. The molecule has 1 aliphatic rings. The third-order valence-electron chi connectivity index (χ3n) is 4.86. The fourth-order valence-corrected chi connectivity index (χ4v) is 3.75. The van der Waals surface area contributed by atoms with Crippen LogP contribution in [0.5, 0.6) is 5.75 Å². The van der Waals surface area contributed by atoms with Gasteiger partial charge < -0.3 is 15.4 Å². The second-order valence-corrected chi connectivity index (χ2v) is 8.95. The molecule has 0 bridgehead atoms. The highest BCUT2D eigenvalue weighted by Gasteiger charge is 2.24. The number of nitrogens with zero attached hydrogens (tertiary/aromatic N) is 2. The maximum Gasteiger partial charge on any atom is 0.255 e. The molecule has 0 saturated carbocycles. The summed E-state index contributed by atoms with van der Waals surface area (Å²) in [6, 6.07) is 5.33. The van der Waals surface area contributed by atoms with E-state index in [1.807, 2.05) is 0 Å². The Balaban J connectivity index is 2.06. The average molecular weight is 399 g/mol. The summed E-state index contributed by atoms with van der Waals surface area (Å²) in [6.45, 7) is 4.76. The van der Waals surface area contributed by atoms with Gasteiger partial charge in [0.25, 0.3) is 5.91 Å². The van der Waals surface area contributed by atoms with Crippen molar-refractivity contribution in [3.05, 3.63) is 23.8 Å². The molecule has 0 aromatic heterocycles. The SMILES string of the molecule is CCN1CCCC1CNC(=O)c1cc(NCS(=O)(=O)N(C)C)ccc1OC. The maximum atomic E-state index is 12.7. The first kappa shape index (κ1) is 21.5. The zero-order valence-corrected chi connectivity index (χ0v) is 17.3. The monoisotopic (exact) mass is 398 g/mol. The Kier molecular flexibility index (Phi) is 7.46. The van der Waals surface area contributed by atoms with Gasteiger partial charge in [-0.3, -0.25) is 9.69 Å². The minimum atomic E-state index is -3.39. The van der Waals surface area contributed by atoms with Crippen molar-refractivity contribution in [2.24, 2.45) is 0 Å². The van der Waals surface area contributed by atoms with E-state index >= 15 is 0 Å². The van der Waals surface area contributed by atoms with E-state index in [0.717, 1.165) is 30.2 Å². The van der Waals surface area contributed by atoms with Gasteiger partial charge in [0.15, 0.2) is 0 Å². The molecule has 1 fully saturated rings. The molecule has 1 saturated heterocycles. The lowest BCUT2D eigenvalue weighted by Crippen LogP contribution is -2.40. The summed E-state index contributed by atoms with van der Waals surface area (Å²) in [6.07, 6.45) is 2.23. The number of likely N-dealkylation sites (tertiary alicyclic amines) is 1. The number of rotatable bonds is 9. The number of anilines is 1. The van der Waals surface area contributed by atoms with Crippen LogP contribution < -0.4 is 15.4 Å². The van der Waals surface area contributed by atoms with Crippen LogP contribution in [0.3, 0.4) is 0 Å². The molecule has 1 aromatic rings. The van der Waals surface area contributed by atoms with Crippen LogP contribution in [0.15, 0.2) is 18.2 Å². The molecule has 0 radical (unpaired) electrons. The zero-order chi connectivity index (χ0) is 20.0. The molecular formula is C18H30N4O4S. The Morgan fingerprint density at radius 3 is 2.74 bits per heavy atom. The van der Waals surface area contributed by atoms with Gasteiger partial charge >= 0.3 is 0 Å². The lowest BCUT2D eigenvalue weighted by atomic mass is 10.1. The third-order valence-corrected chi connectivity index (χ3v) is 6.48. The van der Waals surface area contributed by atoms with Crippen molar-refractivity contribution in [3.63, 3.8) is 0 Å². The molecule has 1 unspecified atom stereocenters. The van der Waals surface area contributed by atoms with Crippen LogP contribution in [-0.4, -0.2) is 76.3 Å². The van der Waals surface area contributed by atoms with Crippen LogP contribution in [-0.2, 0) is 10.0 Å². The van der Waals surface area contributed by atoms with Crippen LogP contribution in [0.2, 0.25) is 0 Å². The summed E-state index contributed by atoms with van der Waals surface area (Å²) in [5.41, 5.74) is 0.924. The molecule has 1 amide bonds. The van der Waals surface area contributed by atoms with Crippen molar-refractivity contribution < 1.29 is 17.9 Å². The van der Waals surface area contributed by atoms with Crippen LogP contribution in [0, 0.1) is 0 Å². The number of sulfonamides is 1. The number of likely N-dealkylation sites (N-methyl/N-ethyl adjacent to an activating group) is 1. The Morgan fingerprint density at radius 1 is 1.37 bits per heavy atom. The summed E-state index contributed by atoms with van der Waals surface area (Å²) < 4.78 is 30.3. The quantitative estimate of drug-likeness (QED) is 0.649. The molecule has 1 aromatic carbocycles. The number of hydrogen-bond donors (Lipinski definition) is 2. The minimum Gasteiger partial charge on any atom is -0.496 e. The van der Waals surface area contributed by atoms with E-state index in [9.17, 15) is 13.2 Å². The summed E-state index contributed by atoms with van der Waals surface area (Å²) in [7, 11) is 1.07. The van der Waals surface area contributed by atoms with E-state index in [1.54, 1.807) is 18.2 Å². The van der Waals surface area contributed by atoms with E-state index < -0.39 is 10.0 Å². The standard InChI is InChI=1S/C18H30N4O4S/c1-5-22-10-6-7-15(22)12-19-18(23)16-11-14(8-9-17(16)26-4)20-13-27(24,25)21(2)3/h8-9,11,15,20H,5-7,10,12-13H2,1-4H3,(H,19,23). The Morgan fingerprint density at radius 2 is 2.11 bits per heavy atom. The zero-order valence-electron chi connectivity index (χ0n) is 16.5. The molecule has 1 aliphatic heterocycles. The summed E-state index contributed by atoms with van der Waals surface area (Å²) in [4.78, 5) is 15.0. The molecule has 8 nitrogen and oxygen atoms in total. The maximum absolute atomic E-state index is 12.7. The van der Waals surface area contributed by atoms with E-state index in [2.05, 4.69) is 22.5 Å². The van der Waals surface area contributed by atoms with E-state index in [1.165, 1.54) is 21.2 Å². The van der Waals surface area contributed by atoms with Crippen molar-refractivity contribution in [2.45, 2.75) is 25.8 Å². The summed E-state index contributed by atoms with van der Waals surface area (Å²) >= 11 is 0. The molecule has 2 rings (SSSR count). The fourth-order valence-electron chi connectivity index (χ4n) is 3.15. The lowest BCUT2D eigenvalue weighted by molar-refractivity contribution is 0.0938. The van der Waals surface area contributed by atoms with Gasteiger partial charge in [0.2, 0.25) is 10.0 Å². The lowest BCUT2D eigenvalue weighted by Gasteiger charge is -2.23. The van der Waals surface area contributed by atoms with Crippen molar-refractivity contribution in [2.75, 3.05) is 52.0 Å². The normalized spacial score (nSPS) is 17.9. The highest BCUT2D eigenvalue weighted by atomic mass is 32.2. The Bertz CT molecular complexity index is 752. The van der Waals surface area contributed by atoms with Gasteiger partial charge in [-0.15, -0.1) is 0 Å². The Hall–Kier alpha value is -1.84. The first-order valence-corrected chi connectivity index (χ1v) is 10.7. The van der Waals surface area contributed by atoms with Crippen LogP contribution >= 0.6 is 0 Å².